The molecule has 2 N–H and O–H groups in total. The minimum Gasteiger partial charge on any atom is -0.497 e. The number of hydrogen-bond donors (Lipinski definition) is 2. The van der Waals surface area contributed by atoms with E-state index >= 15 is 0 Å². The molecule has 2 heterocycles. The molecule has 3 rings (SSSR count). The van der Waals surface area contributed by atoms with E-state index in [1.54, 1.807) is 14.2 Å². The summed E-state index contributed by atoms with van der Waals surface area (Å²) in [6.07, 6.45) is 2.78. The van der Waals surface area contributed by atoms with E-state index in [0.717, 1.165) is 75.3 Å². The molecule has 31 heavy (non-hydrogen) atoms. The molecule has 8 heteroatoms. The smallest absolute Gasteiger partial charge is 0.191 e. The maximum absolute atomic E-state index is 5.81. The van der Waals surface area contributed by atoms with Crippen molar-refractivity contribution in [2.24, 2.45) is 4.99 Å². The Kier molecular flexibility index (Phi) is 8.66. The molecule has 0 saturated carbocycles. The number of aliphatic imine (C=N–C) groups is 1. The number of rotatable bonds is 8. The summed E-state index contributed by atoms with van der Waals surface area (Å²) in [6.45, 7) is 10.2. The van der Waals surface area contributed by atoms with Crippen LogP contribution in [0.4, 0.5) is 5.69 Å². The second-order valence-electron chi connectivity index (χ2n) is 8.52. The largest absolute Gasteiger partial charge is 0.497 e. The lowest BCUT2D eigenvalue weighted by atomic mass is 10.2. The second-order valence-corrected chi connectivity index (χ2v) is 8.52. The fraction of sp³-hybridized carbons (Fsp3) is 0.696. The van der Waals surface area contributed by atoms with Crippen molar-refractivity contribution >= 4 is 11.6 Å². The highest BCUT2D eigenvalue weighted by Crippen LogP contribution is 2.30. The first-order chi connectivity index (χ1) is 15.0. The summed E-state index contributed by atoms with van der Waals surface area (Å²) < 4.78 is 16.6. The Morgan fingerprint density at radius 2 is 1.77 bits per heavy atom. The molecule has 0 aromatic heterocycles. The van der Waals surface area contributed by atoms with E-state index in [4.69, 9.17) is 14.2 Å². The zero-order valence-corrected chi connectivity index (χ0v) is 19.7. The van der Waals surface area contributed by atoms with E-state index in [2.05, 4.69) is 51.4 Å². The Balaban J connectivity index is 1.42. The van der Waals surface area contributed by atoms with Gasteiger partial charge in [-0.05, 0) is 26.7 Å². The number of hydrogen-bond acceptors (Lipinski definition) is 6. The molecule has 3 unspecified atom stereocenters. The quantitative estimate of drug-likeness (QED) is 0.369. The number of nitrogens with one attached hydrogen (secondary N) is 2. The lowest BCUT2D eigenvalue weighted by Crippen LogP contribution is -2.47. The molecule has 174 valence electrons. The molecule has 8 nitrogen and oxygen atoms in total. The van der Waals surface area contributed by atoms with Gasteiger partial charge in [-0.2, -0.15) is 0 Å². The van der Waals surface area contributed by atoms with Crippen LogP contribution in [0.2, 0.25) is 0 Å². The Morgan fingerprint density at radius 3 is 2.39 bits per heavy atom. The van der Waals surface area contributed by atoms with Crippen molar-refractivity contribution in [3.63, 3.8) is 0 Å². The van der Waals surface area contributed by atoms with Crippen LogP contribution in [-0.4, -0.2) is 89.6 Å². The predicted molar refractivity (Wildman–Crippen MR) is 126 cm³/mol. The number of benzene rings is 1. The van der Waals surface area contributed by atoms with Crippen LogP contribution in [0.1, 0.15) is 26.7 Å². The molecule has 0 bridgehead atoms. The van der Waals surface area contributed by atoms with Gasteiger partial charge < -0.3 is 29.7 Å². The average Bonchev–Trinajstić information content (AvgIpc) is 3.23. The maximum Gasteiger partial charge on any atom is 0.191 e. The van der Waals surface area contributed by atoms with Gasteiger partial charge in [0.15, 0.2) is 5.96 Å². The minimum atomic E-state index is 0.320. The van der Waals surface area contributed by atoms with Gasteiger partial charge in [0.25, 0.3) is 0 Å². The third-order valence-electron chi connectivity index (χ3n) is 5.89. The number of guanidine groups is 1. The molecule has 0 aliphatic carbocycles. The van der Waals surface area contributed by atoms with Gasteiger partial charge in [0.2, 0.25) is 0 Å². The van der Waals surface area contributed by atoms with Crippen LogP contribution in [0.15, 0.2) is 23.2 Å². The highest BCUT2D eigenvalue weighted by molar-refractivity contribution is 5.80. The van der Waals surface area contributed by atoms with Crippen molar-refractivity contribution < 1.29 is 14.2 Å². The van der Waals surface area contributed by atoms with E-state index in [9.17, 15) is 0 Å². The van der Waals surface area contributed by atoms with Gasteiger partial charge in [0, 0.05) is 76.2 Å². The molecule has 2 aliphatic heterocycles. The average molecular weight is 434 g/mol. The standard InChI is InChI=1S/C23H39N5O3/c1-17-14-27(15-18(2)31-17)9-6-8-25-23(24-3)26-19-7-10-28(16-19)20-11-21(29-4)13-22(12-20)30-5/h11-13,17-19H,6-10,14-16H2,1-5H3,(H2,24,25,26). The first-order valence-corrected chi connectivity index (χ1v) is 11.3. The van der Waals surface area contributed by atoms with Crippen molar-refractivity contribution in [3.8, 4) is 11.5 Å². The third-order valence-corrected chi connectivity index (χ3v) is 5.89. The van der Waals surface area contributed by atoms with Crippen molar-refractivity contribution in [3.05, 3.63) is 18.2 Å². The fourth-order valence-electron chi connectivity index (χ4n) is 4.45. The lowest BCUT2D eigenvalue weighted by molar-refractivity contribution is -0.0679. The van der Waals surface area contributed by atoms with Crippen LogP contribution in [0, 0.1) is 0 Å². The summed E-state index contributed by atoms with van der Waals surface area (Å²) in [5, 5.41) is 7.05. The highest BCUT2D eigenvalue weighted by atomic mass is 16.5. The Labute approximate surface area is 186 Å². The number of anilines is 1. The molecule has 3 atom stereocenters. The second kappa shape index (κ2) is 11.4. The number of morpholine rings is 1. The van der Waals surface area contributed by atoms with Crippen LogP contribution < -0.4 is 25.0 Å². The van der Waals surface area contributed by atoms with Crippen LogP contribution in [-0.2, 0) is 4.74 Å². The zero-order valence-electron chi connectivity index (χ0n) is 19.7. The molecule has 1 aromatic carbocycles. The third kappa shape index (κ3) is 6.90. The SMILES string of the molecule is CN=C(NCCCN1CC(C)OC(C)C1)NC1CCN(c2cc(OC)cc(OC)c2)C1. The Bertz CT molecular complexity index is 697. The maximum atomic E-state index is 5.81. The number of ether oxygens (including phenoxy) is 3. The van der Waals surface area contributed by atoms with Gasteiger partial charge in [-0.15, -0.1) is 0 Å². The summed E-state index contributed by atoms with van der Waals surface area (Å²) in [6, 6.07) is 6.37. The minimum absolute atomic E-state index is 0.320. The summed E-state index contributed by atoms with van der Waals surface area (Å²) in [4.78, 5) is 9.27. The van der Waals surface area contributed by atoms with Gasteiger partial charge in [-0.25, -0.2) is 0 Å². The Hall–Kier alpha value is -2.19. The van der Waals surface area contributed by atoms with E-state index in [-0.39, 0.29) is 0 Å². The molecule has 2 saturated heterocycles. The van der Waals surface area contributed by atoms with Gasteiger partial charge >= 0.3 is 0 Å². The van der Waals surface area contributed by atoms with E-state index in [1.807, 2.05) is 13.1 Å². The first kappa shape index (κ1) is 23.5. The molecule has 0 radical (unpaired) electrons. The topological polar surface area (TPSA) is 70.6 Å². The van der Waals surface area contributed by atoms with Crippen molar-refractivity contribution in [1.82, 2.24) is 15.5 Å². The van der Waals surface area contributed by atoms with E-state index in [0.29, 0.717) is 18.2 Å². The van der Waals surface area contributed by atoms with Gasteiger partial charge in [-0.1, -0.05) is 0 Å². The van der Waals surface area contributed by atoms with Crippen LogP contribution in [0.25, 0.3) is 0 Å². The number of methoxy groups -OCH3 is 2. The summed E-state index contributed by atoms with van der Waals surface area (Å²) >= 11 is 0. The van der Waals surface area contributed by atoms with Gasteiger partial charge in [-0.3, -0.25) is 9.89 Å². The molecule has 0 amide bonds. The van der Waals surface area contributed by atoms with Crippen LogP contribution >= 0.6 is 0 Å². The predicted octanol–water partition coefficient (Wildman–Crippen LogP) is 1.95. The molecular formula is C23H39N5O3. The first-order valence-electron chi connectivity index (χ1n) is 11.3. The van der Waals surface area contributed by atoms with E-state index in [1.165, 1.54) is 0 Å². The molecule has 2 aliphatic rings. The molecule has 0 spiro atoms. The van der Waals surface area contributed by atoms with Crippen LogP contribution in [0.3, 0.4) is 0 Å². The summed E-state index contributed by atoms with van der Waals surface area (Å²) in [7, 11) is 5.20. The van der Waals surface area contributed by atoms with Crippen LogP contribution in [0.5, 0.6) is 11.5 Å². The van der Waals surface area contributed by atoms with Crippen molar-refractivity contribution in [2.75, 3.05) is 65.4 Å². The van der Waals surface area contributed by atoms with Crippen molar-refractivity contribution in [1.29, 1.82) is 0 Å². The highest BCUT2D eigenvalue weighted by Gasteiger charge is 2.25. The molecular weight excluding hydrogens is 394 g/mol. The fourth-order valence-corrected chi connectivity index (χ4v) is 4.45. The van der Waals surface area contributed by atoms with Gasteiger partial charge in [0.1, 0.15) is 11.5 Å². The zero-order chi connectivity index (χ0) is 22.2. The summed E-state index contributed by atoms with van der Waals surface area (Å²) in [5.74, 6) is 2.50. The van der Waals surface area contributed by atoms with Crippen molar-refractivity contribution in [2.45, 2.75) is 44.9 Å². The monoisotopic (exact) mass is 433 g/mol. The number of nitrogens with zero attached hydrogens (tertiary/aromatic N) is 3. The normalized spacial score (nSPS) is 24.9. The van der Waals surface area contributed by atoms with Gasteiger partial charge in [0.05, 0.1) is 26.4 Å². The lowest BCUT2D eigenvalue weighted by Gasteiger charge is -2.35. The molecule has 2 fully saturated rings. The van der Waals surface area contributed by atoms with E-state index < -0.39 is 0 Å². The summed E-state index contributed by atoms with van der Waals surface area (Å²) in [5.41, 5.74) is 1.12. The molecule has 1 aromatic rings. The Morgan fingerprint density at radius 1 is 1.10 bits per heavy atom.